The highest BCUT2D eigenvalue weighted by atomic mass is 32.1. The van der Waals surface area contributed by atoms with Crippen LogP contribution in [0.3, 0.4) is 0 Å². The number of rotatable bonds is 6. The van der Waals surface area contributed by atoms with Crippen molar-refractivity contribution in [1.29, 1.82) is 0 Å². The summed E-state index contributed by atoms with van der Waals surface area (Å²) < 4.78 is 5.36. The van der Waals surface area contributed by atoms with E-state index >= 15 is 0 Å². The highest BCUT2D eigenvalue weighted by Gasteiger charge is 2.19. The molecule has 0 atom stereocenters. The number of amides is 2. The number of ether oxygens (including phenoxy) is 1. The third kappa shape index (κ3) is 4.76. The van der Waals surface area contributed by atoms with Crippen LogP contribution in [0.2, 0.25) is 0 Å². The molecule has 2 heterocycles. The Morgan fingerprint density at radius 3 is 3.00 bits per heavy atom. The number of urea groups is 1. The minimum Gasteiger partial charge on any atom is -0.381 e. The summed E-state index contributed by atoms with van der Waals surface area (Å²) in [4.78, 5) is 18.3. The molecular weight excluding hydrogens is 274 g/mol. The first-order valence-corrected chi connectivity index (χ1v) is 8.16. The molecule has 0 aromatic carbocycles. The van der Waals surface area contributed by atoms with Gasteiger partial charge in [0.2, 0.25) is 0 Å². The van der Waals surface area contributed by atoms with Crippen LogP contribution >= 0.6 is 11.3 Å². The van der Waals surface area contributed by atoms with Crippen LogP contribution in [0.25, 0.3) is 0 Å². The van der Waals surface area contributed by atoms with Crippen LogP contribution in [-0.2, 0) is 11.2 Å². The first-order chi connectivity index (χ1) is 9.79. The summed E-state index contributed by atoms with van der Waals surface area (Å²) in [5.41, 5.74) is 0. The van der Waals surface area contributed by atoms with Gasteiger partial charge in [0.15, 0.2) is 0 Å². The SMILES string of the molecule is CCN(CC1CCOCC1)C(=O)NCCc1nccs1. The number of nitrogens with zero attached hydrogens (tertiary/aromatic N) is 2. The normalized spacial score (nSPS) is 16.1. The van der Waals surface area contributed by atoms with Gasteiger partial charge in [0.1, 0.15) is 0 Å². The third-order valence-corrected chi connectivity index (χ3v) is 4.43. The van der Waals surface area contributed by atoms with Gasteiger partial charge in [-0.3, -0.25) is 0 Å². The quantitative estimate of drug-likeness (QED) is 0.875. The van der Waals surface area contributed by atoms with Crippen LogP contribution in [0, 0.1) is 5.92 Å². The van der Waals surface area contributed by atoms with Crippen molar-refractivity contribution in [1.82, 2.24) is 15.2 Å². The predicted octanol–water partition coefficient (Wildman–Crippen LogP) is 2.14. The minimum absolute atomic E-state index is 0.0375. The third-order valence-electron chi connectivity index (χ3n) is 3.59. The van der Waals surface area contributed by atoms with Gasteiger partial charge in [-0.15, -0.1) is 11.3 Å². The maximum absolute atomic E-state index is 12.1. The molecule has 2 rings (SSSR count). The fourth-order valence-electron chi connectivity index (χ4n) is 2.36. The molecule has 1 aromatic heterocycles. The molecule has 1 N–H and O–H groups in total. The molecule has 1 fully saturated rings. The van der Waals surface area contributed by atoms with Crippen molar-refractivity contribution in [3.8, 4) is 0 Å². The summed E-state index contributed by atoms with van der Waals surface area (Å²) >= 11 is 1.63. The first kappa shape index (κ1) is 15.3. The van der Waals surface area contributed by atoms with E-state index in [4.69, 9.17) is 4.74 Å². The molecule has 0 radical (unpaired) electrons. The van der Waals surface area contributed by atoms with Crippen molar-refractivity contribution >= 4 is 17.4 Å². The lowest BCUT2D eigenvalue weighted by Gasteiger charge is -2.29. The maximum atomic E-state index is 12.1. The second-order valence-electron chi connectivity index (χ2n) is 5.00. The van der Waals surface area contributed by atoms with Crippen molar-refractivity contribution in [2.45, 2.75) is 26.2 Å². The van der Waals surface area contributed by atoms with Crippen molar-refractivity contribution in [2.75, 3.05) is 32.8 Å². The lowest BCUT2D eigenvalue weighted by Crippen LogP contribution is -2.43. The lowest BCUT2D eigenvalue weighted by molar-refractivity contribution is 0.0568. The molecule has 0 aliphatic carbocycles. The molecule has 1 saturated heterocycles. The van der Waals surface area contributed by atoms with E-state index in [0.29, 0.717) is 12.5 Å². The van der Waals surface area contributed by atoms with E-state index in [-0.39, 0.29) is 6.03 Å². The van der Waals surface area contributed by atoms with E-state index in [1.54, 1.807) is 17.5 Å². The average molecular weight is 297 g/mol. The Balaban J connectivity index is 1.70. The molecule has 0 unspecified atom stereocenters. The van der Waals surface area contributed by atoms with Crippen LogP contribution in [0.15, 0.2) is 11.6 Å². The van der Waals surface area contributed by atoms with Crippen molar-refractivity contribution < 1.29 is 9.53 Å². The highest BCUT2D eigenvalue weighted by Crippen LogP contribution is 2.16. The number of carbonyl (C=O) groups excluding carboxylic acids is 1. The first-order valence-electron chi connectivity index (χ1n) is 7.28. The second-order valence-corrected chi connectivity index (χ2v) is 5.98. The molecule has 1 aromatic rings. The molecule has 6 heteroatoms. The molecule has 5 nitrogen and oxygen atoms in total. The summed E-state index contributed by atoms with van der Waals surface area (Å²) in [6.07, 6.45) is 4.72. The highest BCUT2D eigenvalue weighted by molar-refractivity contribution is 7.09. The van der Waals surface area contributed by atoms with E-state index in [1.807, 2.05) is 17.2 Å². The van der Waals surface area contributed by atoms with Gasteiger partial charge in [-0.05, 0) is 25.7 Å². The van der Waals surface area contributed by atoms with Gasteiger partial charge in [-0.25, -0.2) is 9.78 Å². The number of hydrogen-bond acceptors (Lipinski definition) is 4. The van der Waals surface area contributed by atoms with Gasteiger partial charge in [-0.1, -0.05) is 0 Å². The molecule has 0 saturated carbocycles. The maximum Gasteiger partial charge on any atom is 0.317 e. The van der Waals surface area contributed by atoms with Gasteiger partial charge in [0, 0.05) is 50.8 Å². The summed E-state index contributed by atoms with van der Waals surface area (Å²) in [5.74, 6) is 0.577. The largest absolute Gasteiger partial charge is 0.381 e. The summed E-state index contributed by atoms with van der Waals surface area (Å²) in [6, 6.07) is 0.0375. The number of aromatic nitrogens is 1. The van der Waals surface area contributed by atoms with Crippen LogP contribution in [0.5, 0.6) is 0 Å². The smallest absolute Gasteiger partial charge is 0.317 e. The summed E-state index contributed by atoms with van der Waals surface area (Å²) in [7, 11) is 0. The standard InChI is InChI=1S/C14H23N3O2S/c1-2-17(11-12-4-8-19-9-5-12)14(18)16-6-3-13-15-7-10-20-13/h7,10,12H,2-6,8-9,11H2,1H3,(H,16,18). The number of carbonyl (C=O) groups is 1. The van der Waals surface area contributed by atoms with Crippen LogP contribution in [0.4, 0.5) is 4.79 Å². The molecule has 0 bridgehead atoms. The van der Waals surface area contributed by atoms with E-state index in [2.05, 4.69) is 10.3 Å². The average Bonchev–Trinajstić information content (AvgIpc) is 2.99. The van der Waals surface area contributed by atoms with Gasteiger partial charge < -0.3 is 15.0 Å². The molecule has 0 spiro atoms. The Hall–Kier alpha value is -1.14. The van der Waals surface area contributed by atoms with Crippen LogP contribution < -0.4 is 5.32 Å². The zero-order valence-electron chi connectivity index (χ0n) is 12.0. The van der Waals surface area contributed by atoms with Crippen LogP contribution in [0.1, 0.15) is 24.8 Å². The Morgan fingerprint density at radius 1 is 1.55 bits per heavy atom. The van der Waals surface area contributed by atoms with Gasteiger partial charge in [0.25, 0.3) is 0 Å². The van der Waals surface area contributed by atoms with Gasteiger partial charge in [-0.2, -0.15) is 0 Å². The monoisotopic (exact) mass is 297 g/mol. The zero-order valence-corrected chi connectivity index (χ0v) is 12.8. The molecule has 20 heavy (non-hydrogen) atoms. The Kier molecular flexibility index (Phi) is 6.26. The van der Waals surface area contributed by atoms with Crippen molar-refractivity contribution in [3.63, 3.8) is 0 Å². The lowest BCUT2D eigenvalue weighted by atomic mass is 10.00. The van der Waals surface area contributed by atoms with E-state index < -0.39 is 0 Å². The zero-order chi connectivity index (χ0) is 14.2. The molecular formula is C14H23N3O2S. The fourth-order valence-corrected chi connectivity index (χ4v) is 2.98. The number of hydrogen-bond donors (Lipinski definition) is 1. The number of thiazole rings is 1. The Morgan fingerprint density at radius 2 is 2.35 bits per heavy atom. The van der Waals surface area contributed by atoms with E-state index in [9.17, 15) is 4.79 Å². The predicted molar refractivity (Wildman–Crippen MR) is 80.0 cm³/mol. The van der Waals surface area contributed by atoms with Crippen molar-refractivity contribution in [2.24, 2.45) is 5.92 Å². The Bertz CT molecular complexity index is 391. The molecule has 1 aliphatic rings. The molecule has 112 valence electrons. The Labute approximate surface area is 124 Å². The minimum atomic E-state index is 0.0375. The van der Waals surface area contributed by atoms with Crippen molar-refractivity contribution in [3.05, 3.63) is 16.6 Å². The topological polar surface area (TPSA) is 54.5 Å². The van der Waals surface area contributed by atoms with Gasteiger partial charge in [0.05, 0.1) is 5.01 Å². The molecule has 1 aliphatic heterocycles. The number of nitrogens with one attached hydrogen (secondary N) is 1. The van der Waals surface area contributed by atoms with Crippen LogP contribution in [-0.4, -0.2) is 48.8 Å². The van der Waals surface area contributed by atoms with E-state index in [0.717, 1.165) is 50.6 Å². The second kappa shape index (κ2) is 8.21. The summed E-state index contributed by atoms with van der Waals surface area (Å²) in [5, 5.41) is 6.01. The molecule has 2 amide bonds. The fraction of sp³-hybridized carbons (Fsp3) is 0.714. The summed E-state index contributed by atoms with van der Waals surface area (Å²) in [6.45, 7) is 5.92. The van der Waals surface area contributed by atoms with Gasteiger partial charge >= 0.3 is 6.03 Å². The van der Waals surface area contributed by atoms with E-state index in [1.165, 1.54) is 0 Å².